The van der Waals surface area contributed by atoms with E-state index in [1.807, 2.05) is 30.3 Å². The lowest BCUT2D eigenvalue weighted by Crippen LogP contribution is -2.40. The van der Waals surface area contributed by atoms with Crippen LogP contribution in [-0.2, 0) is 6.42 Å². The Morgan fingerprint density at radius 1 is 1.00 bits per heavy atom. The second kappa shape index (κ2) is 10.2. The van der Waals surface area contributed by atoms with E-state index < -0.39 is 0 Å². The second-order valence-electron chi connectivity index (χ2n) is 5.69. The minimum Gasteiger partial charge on any atom is -0.497 e. The molecule has 0 saturated heterocycles. The third-order valence-electron chi connectivity index (χ3n) is 3.74. The lowest BCUT2D eigenvalue weighted by molar-refractivity contribution is 0.321. The van der Waals surface area contributed by atoms with Gasteiger partial charge in [0, 0.05) is 13.6 Å². The fourth-order valence-electron chi connectivity index (χ4n) is 2.38. The fraction of sp³-hybridized carbons (Fsp3) is 0.350. The van der Waals surface area contributed by atoms with Crippen LogP contribution in [0.1, 0.15) is 11.1 Å². The summed E-state index contributed by atoms with van der Waals surface area (Å²) in [5.41, 5.74) is 2.45. The zero-order valence-electron chi connectivity index (χ0n) is 15.2. The Hall–Kier alpha value is -2.69. The summed E-state index contributed by atoms with van der Waals surface area (Å²) in [6.07, 6.45) is 0.921. The van der Waals surface area contributed by atoms with Crippen molar-refractivity contribution in [1.82, 2.24) is 10.6 Å². The first kappa shape index (κ1) is 18.6. The van der Waals surface area contributed by atoms with Crippen LogP contribution in [0.2, 0.25) is 0 Å². The highest BCUT2D eigenvalue weighted by molar-refractivity contribution is 5.79. The van der Waals surface area contributed by atoms with Gasteiger partial charge in [-0.1, -0.05) is 24.3 Å². The molecular weight excluding hydrogens is 314 g/mol. The van der Waals surface area contributed by atoms with E-state index in [0.29, 0.717) is 13.2 Å². The van der Waals surface area contributed by atoms with E-state index in [9.17, 15) is 0 Å². The van der Waals surface area contributed by atoms with Crippen LogP contribution in [0.25, 0.3) is 0 Å². The van der Waals surface area contributed by atoms with Gasteiger partial charge in [0.05, 0.1) is 13.7 Å². The molecule has 0 atom stereocenters. The first-order chi connectivity index (χ1) is 12.2. The van der Waals surface area contributed by atoms with E-state index in [-0.39, 0.29) is 0 Å². The number of guanidine groups is 1. The second-order valence-corrected chi connectivity index (χ2v) is 5.69. The lowest BCUT2D eigenvalue weighted by Gasteiger charge is -2.13. The summed E-state index contributed by atoms with van der Waals surface area (Å²) in [7, 11) is 3.44. The number of hydrogen-bond donors (Lipinski definition) is 2. The smallest absolute Gasteiger partial charge is 0.191 e. The summed E-state index contributed by atoms with van der Waals surface area (Å²) in [6.45, 7) is 4.14. The maximum absolute atomic E-state index is 5.72. The van der Waals surface area contributed by atoms with Crippen LogP contribution in [0.4, 0.5) is 0 Å². The van der Waals surface area contributed by atoms with Gasteiger partial charge < -0.3 is 20.1 Å². The third kappa shape index (κ3) is 6.75. The summed E-state index contributed by atoms with van der Waals surface area (Å²) < 4.78 is 10.9. The number of hydrogen-bond acceptors (Lipinski definition) is 3. The van der Waals surface area contributed by atoms with Crippen molar-refractivity contribution in [3.8, 4) is 11.5 Å². The van der Waals surface area contributed by atoms with Crippen LogP contribution < -0.4 is 20.1 Å². The largest absolute Gasteiger partial charge is 0.497 e. The fourth-order valence-corrected chi connectivity index (χ4v) is 2.38. The van der Waals surface area contributed by atoms with E-state index in [0.717, 1.165) is 30.4 Å². The molecule has 25 heavy (non-hydrogen) atoms. The highest BCUT2D eigenvalue weighted by atomic mass is 16.5. The maximum Gasteiger partial charge on any atom is 0.191 e. The number of aliphatic imine (C=N–C) groups is 1. The third-order valence-corrected chi connectivity index (χ3v) is 3.74. The van der Waals surface area contributed by atoms with Crippen molar-refractivity contribution in [2.75, 3.05) is 33.9 Å². The first-order valence-electron chi connectivity index (χ1n) is 8.48. The molecular formula is C20H27N3O2. The predicted octanol–water partition coefficient (Wildman–Crippen LogP) is 2.79. The minimum atomic E-state index is 0.586. The van der Waals surface area contributed by atoms with Gasteiger partial charge in [-0.25, -0.2) is 0 Å². The topological polar surface area (TPSA) is 54.9 Å². The van der Waals surface area contributed by atoms with Crippen LogP contribution in [-0.4, -0.2) is 39.8 Å². The van der Waals surface area contributed by atoms with E-state index in [1.165, 1.54) is 11.1 Å². The van der Waals surface area contributed by atoms with E-state index >= 15 is 0 Å². The van der Waals surface area contributed by atoms with Crippen LogP contribution >= 0.6 is 0 Å². The molecule has 134 valence electrons. The molecule has 0 heterocycles. The van der Waals surface area contributed by atoms with Gasteiger partial charge in [0.1, 0.15) is 18.1 Å². The molecule has 0 radical (unpaired) electrons. The average molecular weight is 341 g/mol. The van der Waals surface area contributed by atoms with Crippen LogP contribution in [0.5, 0.6) is 11.5 Å². The average Bonchev–Trinajstić information content (AvgIpc) is 2.64. The van der Waals surface area contributed by atoms with Crippen LogP contribution in [0, 0.1) is 6.92 Å². The molecule has 0 aromatic heterocycles. The molecule has 2 N–H and O–H groups in total. The molecule has 0 amide bonds. The van der Waals surface area contributed by atoms with Gasteiger partial charge in [0.25, 0.3) is 0 Å². The van der Waals surface area contributed by atoms with Crippen molar-refractivity contribution in [2.24, 2.45) is 4.99 Å². The molecule has 0 aliphatic heterocycles. The molecule has 0 bridgehead atoms. The quantitative estimate of drug-likeness (QED) is 0.440. The molecule has 0 aliphatic carbocycles. The summed E-state index contributed by atoms with van der Waals surface area (Å²) in [6, 6.07) is 16.2. The van der Waals surface area contributed by atoms with E-state index in [2.05, 4.69) is 40.7 Å². The Morgan fingerprint density at radius 3 is 2.44 bits per heavy atom. The lowest BCUT2D eigenvalue weighted by atomic mass is 10.1. The molecule has 0 saturated carbocycles. The van der Waals surface area contributed by atoms with Gasteiger partial charge in [-0.3, -0.25) is 4.99 Å². The molecule has 2 aromatic rings. The predicted molar refractivity (Wildman–Crippen MR) is 103 cm³/mol. The number of aryl methyl sites for hydroxylation is 1. The Kier molecular flexibility index (Phi) is 7.63. The molecule has 2 aromatic carbocycles. The van der Waals surface area contributed by atoms with Crippen molar-refractivity contribution >= 4 is 5.96 Å². The molecule has 5 nitrogen and oxygen atoms in total. The van der Waals surface area contributed by atoms with Gasteiger partial charge >= 0.3 is 0 Å². The van der Waals surface area contributed by atoms with Gasteiger partial charge in [0.15, 0.2) is 5.96 Å². The Morgan fingerprint density at radius 2 is 1.76 bits per heavy atom. The van der Waals surface area contributed by atoms with Crippen LogP contribution in [0.15, 0.2) is 53.5 Å². The number of benzene rings is 2. The van der Waals surface area contributed by atoms with Crippen molar-refractivity contribution < 1.29 is 9.47 Å². The number of nitrogens with zero attached hydrogens (tertiary/aromatic N) is 1. The zero-order chi connectivity index (χ0) is 17.9. The summed E-state index contributed by atoms with van der Waals surface area (Å²) in [5.74, 6) is 2.55. The Bertz CT molecular complexity index is 669. The molecule has 0 aliphatic rings. The van der Waals surface area contributed by atoms with Gasteiger partial charge in [-0.2, -0.15) is 0 Å². The number of ether oxygens (including phenoxy) is 2. The highest BCUT2D eigenvalue weighted by Gasteiger charge is 1.99. The molecule has 2 rings (SSSR count). The van der Waals surface area contributed by atoms with Gasteiger partial charge in [-0.05, 0) is 48.7 Å². The first-order valence-corrected chi connectivity index (χ1v) is 8.48. The number of methoxy groups -OCH3 is 1. The van der Waals surface area contributed by atoms with E-state index in [1.54, 1.807) is 14.2 Å². The van der Waals surface area contributed by atoms with E-state index in [4.69, 9.17) is 9.47 Å². The zero-order valence-corrected chi connectivity index (χ0v) is 15.2. The number of nitrogens with one attached hydrogen (secondary N) is 2. The summed E-state index contributed by atoms with van der Waals surface area (Å²) in [5, 5.41) is 6.56. The normalized spacial score (nSPS) is 11.1. The molecule has 0 fully saturated rings. The molecule has 0 spiro atoms. The van der Waals surface area contributed by atoms with Crippen LogP contribution in [0.3, 0.4) is 0 Å². The monoisotopic (exact) mass is 341 g/mol. The molecule has 0 unspecified atom stereocenters. The van der Waals surface area contributed by atoms with Crippen molar-refractivity contribution in [1.29, 1.82) is 0 Å². The van der Waals surface area contributed by atoms with Crippen molar-refractivity contribution in [3.63, 3.8) is 0 Å². The Balaban J connectivity index is 1.64. The minimum absolute atomic E-state index is 0.586. The summed E-state index contributed by atoms with van der Waals surface area (Å²) in [4.78, 5) is 4.22. The van der Waals surface area contributed by atoms with Gasteiger partial charge in [0.2, 0.25) is 0 Å². The standard InChI is InChI=1S/C20H27N3O2/c1-16-5-4-6-19(15-16)25-14-13-23-20(21-2)22-12-11-17-7-9-18(24-3)10-8-17/h4-10,15H,11-14H2,1-3H3,(H2,21,22,23). The molecule has 5 heteroatoms. The van der Waals surface area contributed by atoms with Crippen molar-refractivity contribution in [3.05, 3.63) is 59.7 Å². The number of rotatable bonds is 8. The van der Waals surface area contributed by atoms with Gasteiger partial charge in [-0.15, -0.1) is 0 Å². The summed E-state index contributed by atoms with van der Waals surface area (Å²) >= 11 is 0. The van der Waals surface area contributed by atoms with Crippen molar-refractivity contribution in [2.45, 2.75) is 13.3 Å². The maximum atomic E-state index is 5.72. The highest BCUT2D eigenvalue weighted by Crippen LogP contribution is 2.12. The Labute approximate surface area is 150 Å². The SMILES string of the molecule is CN=C(NCCOc1cccc(C)c1)NCCc1ccc(OC)cc1.